The minimum atomic E-state index is 0.721. The second-order valence-electron chi connectivity index (χ2n) is 5.65. The van der Waals surface area contributed by atoms with Gasteiger partial charge in [-0.1, -0.05) is 0 Å². The van der Waals surface area contributed by atoms with Gasteiger partial charge in [0.25, 0.3) is 0 Å². The van der Waals surface area contributed by atoms with Crippen molar-refractivity contribution in [3.05, 3.63) is 85.0 Å². The molecular formula is C20H18N6. The first-order valence-corrected chi connectivity index (χ1v) is 8.10. The van der Waals surface area contributed by atoms with E-state index < -0.39 is 0 Å². The molecular weight excluding hydrogens is 324 g/mol. The van der Waals surface area contributed by atoms with E-state index in [9.17, 15) is 0 Å². The van der Waals surface area contributed by atoms with Crippen molar-refractivity contribution >= 4 is 0 Å². The smallest absolute Gasteiger partial charge is 0.160 e. The van der Waals surface area contributed by atoms with Gasteiger partial charge in [0.05, 0.1) is 0 Å². The summed E-state index contributed by atoms with van der Waals surface area (Å²) in [6.07, 6.45) is 14.2. The van der Waals surface area contributed by atoms with Crippen molar-refractivity contribution in [1.82, 2.24) is 29.9 Å². The molecule has 4 rings (SSSR count). The van der Waals surface area contributed by atoms with Gasteiger partial charge in [0.15, 0.2) is 11.6 Å². The van der Waals surface area contributed by atoms with E-state index in [1.54, 1.807) is 37.2 Å². The average molecular weight is 342 g/mol. The third kappa shape index (κ3) is 4.73. The van der Waals surface area contributed by atoms with Crippen molar-refractivity contribution < 1.29 is 0 Å². The largest absolute Gasteiger partial charge is 0.265 e. The average Bonchev–Trinajstić information content (AvgIpc) is 2.71. The van der Waals surface area contributed by atoms with Crippen LogP contribution in [0.5, 0.6) is 0 Å². The molecule has 0 aliphatic carbocycles. The van der Waals surface area contributed by atoms with Gasteiger partial charge in [-0.3, -0.25) is 9.97 Å². The lowest BCUT2D eigenvalue weighted by Gasteiger charge is -1.98. The zero-order chi connectivity index (χ0) is 18.2. The summed E-state index contributed by atoms with van der Waals surface area (Å²) in [5.41, 5.74) is 4.07. The summed E-state index contributed by atoms with van der Waals surface area (Å²) in [4.78, 5) is 24.8. The lowest BCUT2D eigenvalue weighted by atomic mass is 10.2. The van der Waals surface area contributed by atoms with Crippen LogP contribution in [-0.4, -0.2) is 29.9 Å². The Kier molecular flexibility index (Phi) is 5.67. The third-order valence-corrected chi connectivity index (χ3v) is 3.42. The molecule has 0 bridgehead atoms. The first-order chi connectivity index (χ1) is 12.7. The lowest BCUT2D eigenvalue weighted by molar-refractivity contribution is 1.13. The molecule has 6 heteroatoms. The molecule has 0 fully saturated rings. The maximum Gasteiger partial charge on any atom is 0.160 e. The second-order valence-corrected chi connectivity index (χ2v) is 5.65. The van der Waals surface area contributed by atoms with Gasteiger partial charge in [0.2, 0.25) is 0 Å². The Labute approximate surface area is 152 Å². The Morgan fingerprint density at radius 1 is 0.538 bits per heavy atom. The molecule has 6 nitrogen and oxygen atoms in total. The van der Waals surface area contributed by atoms with Crippen LogP contribution in [0.4, 0.5) is 0 Å². The van der Waals surface area contributed by atoms with E-state index >= 15 is 0 Å². The molecule has 26 heavy (non-hydrogen) atoms. The van der Waals surface area contributed by atoms with Crippen LogP contribution in [-0.2, 0) is 0 Å². The fourth-order valence-corrected chi connectivity index (χ4v) is 2.08. The molecule has 128 valence electrons. The van der Waals surface area contributed by atoms with Gasteiger partial charge in [0.1, 0.15) is 0 Å². The van der Waals surface area contributed by atoms with Crippen LogP contribution in [0.3, 0.4) is 0 Å². The molecule has 0 amide bonds. The standard InChI is InChI=1S/2C10H9N3/c1-8-6-12-10(13-7-8)9-2-4-11-5-3-9;1-8-5-12-10(13-6-8)9-3-2-4-11-7-9/h2*2-7H,1H3. The number of hydrogen-bond acceptors (Lipinski definition) is 6. The Morgan fingerprint density at radius 3 is 1.58 bits per heavy atom. The SMILES string of the molecule is Cc1cnc(-c2cccnc2)nc1.Cc1cnc(-c2ccncc2)nc1. The summed E-state index contributed by atoms with van der Waals surface area (Å²) in [5, 5.41) is 0. The third-order valence-electron chi connectivity index (χ3n) is 3.42. The van der Waals surface area contributed by atoms with Crippen LogP contribution in [0.15, 0.2) is 73.8 Å². The lowest BCUT2D eigenvalue weighted by Crippen LogP contribution is -1.88. The van der Waals surface area contributed by atoms with Crippen LogP contribution < -0.4 is 0 Å². The Balaban J connectivity index is 0.000000151. The number of aromatic nitrogens is 6. The summed E-state index contributed by atoms with van der Waals surface area (Å²) in [5.74, 6) is 1.46. The minimum Gasteiger partial charge on any atom is -0.265 e. The quantitative estimate of drug-likeness (QED) is 0.553. The Hall–Kier alpha value is -3.54. The van der Waals surface area contributed by atoms with Gasteiger partial charge in [-0.15, -0.1) is 0 Å². The minimum absolute atomic E-state index is 0.721. The van der Waals surface area contributed by atoms with Crippen molar-refractivity contribution in [3.63, 3.8) is 0 Å². The van der Waals surface area contributed by atoms with Crippen LogP contribution in [0, 0.1) is 13.8 Å². The summed E-state index contributed by atoms with van der Waals surface area (Å²) in [6.45, 7) is 3.93. The van der Waals surface area contributed by atoms with Crippen molar-refractivity contribution in [2.75, 3.05) is 0 Å². The molecule has 0 radical (unpaired) electrons. The fourth-order valence-electron chi connectivity index (χ4n) is 2.08. The van der Waals surface area contributed by atoms with Crippen LogP contribution >= 0.6 is 0 Å². The summed E-state index contributed by atoms with van der Waals surface area (Å²) in [7, 11) is 0. The van der Waals surface area contributed by atoms with Crippen molar-refractivity contribution in [2.24, 2.45) is 0 Å². The van der Waals surface area contributed by atoms with Crippen molar-refractivity contribution in [2.45, 2.75) is 13.8 Å². The Morgan fingerprint density at radius 2 is 1.08 bits per heavy atom. The zero-order valence-electron chi connectivity index (χ0n) is 14.6. The van der Waals surface area contributed by atoms with Gasteiger partial charge in [0, 0.05) is 60.7 Å². The molecule has 4 aromatic rings. The normalized spacial score (nSPS) is 9.92. The fraction of sp³-hybridized carbons (Fsp3) is 0.100. The molecule has 4 aromatic heterocycles. The highest BCUT2D eigenvalue weighted by Crippen LogP contribution is 2.12. The summed E-state index contributed by atoms with van der Waals surface area (Å²) < 4.78 is 0. The zero-order valence-corrected chi connectivity index (χ0v) is 14.6. The van der Waals surface area contributed by atoms with E-state index in [1.165, 1.54) is 0 Å². The summed E-state index contributed by atoms with van der Waals surface area (Å²) >= 11 is 0. The molecule has 0 atom stereocenters. The first kappa shape index (κ1) is 17.3. The predicted molar refractivity (Wildman–Crippen MR) is 100 cm³/mol. The molecule has 0 aromatic carbocycles. The Bertz CT molecular complexity index is 842. The van der Waals surface area contributed by atoms with Gasteiger partial charge in [-0.05, 0) is 49.2 Å². The van der Waals surface area contributed by atoms with E-state index in [4.69, 9.17) is 0 Å². The molecule has 0 aliphatic rings. The molecule has 4 heterocycles. The number of nitrogens with zero attached hydrogens (tertiary/aromatic N) is 6. The molecule has 0 spiro atoms. The number of aryl methyl sites for hydroxylation is 2. The maximum absolute atomic E-state index is 4.21. The highest BCUT2D eigenvalue weighted by Gasteiger charge is 1.99. The van der Waals surface area contributed by atoms with E-state index in [2.05, 4.69) is 29.9 Å². The number of pyridine rings is 2. The van der Waals surface area contributed by atoms with E-state index in [-0.39, 0.29) is 0 Å². The highest BCUT2D eigenvalue weighted by atomic mass is 14.9. The monoisotopic (exact) mass is 342 g/mol. The topological polar surface area (TPSA) is 77.3 Å². The van der Waals surface area contributed by atoms with E-state index in [0.717, 1.165) is 33.9 Å². The van der Waals surface area contributed by atoms with Gasteiger partial charge in [-0.25, -0.2) is 19.9 Å². The molecule has 0 saturated heterocycles. The van der Waals surface area contributed by atoms with Crippen LogP contribution in [0.2, 0.25) is 0 Å². The number of rotatable bonds is 2. The van der Waals surface area contributed by atoms with Gasteiger partial charge in [-0.2, -0.15) is 0 Å². The van der Waals surface area contributed by atoms with Crippen LogP contribution in [0.25, 0.3) is 22.8 Å². The van der Waals surface area contributed by atoms with Gasteiger partial charge < -0.3 is 0 Å². The van der Waals surface area contributed by atoms with E-state index in [1.807, 2.05) is 50.5 Å². The molecule has 0 unspecified atom stereocenters. The van der Waals surface area contributed by atoms with E-state index in [0.29, 0.717) is 0 Å². The maximum atomic E-state index is 4.21. The van der Waals surface area contributed by atoms with Crippen molar-refractivity contribution in [3.8, 4) is 22.8 Å². The molecule has 0 aliphatic heterocycles. The summed E-state index contributed by atoms with van der Waals surface area (Å²) in [6, 6.07) is 7.60. The first-order valence-electron chi connectivity index (χ1n) is 8.10. The van der Waals surface area contributed by atoms with Crippen LogP contribution in [0.1, 0.15) is 11.1 Å². The predicted octanol–water partition coefficient (Wildman–Crippen LogP) is 3.69. The van der Waals surface area contributed by atoms with Crippen molar-refractivity contribution in [1.29, 1.82) is 0 Å². The second kappa shape index (κ2) is 8.53. The van der Waals surface area contributed by atoms with Gasteiger partial charge >= 0.3 is 0 Å². The highest BCUT2D eigenvalue weighted by molar-refractivity contribution is 5.53. The molecule has 0 saturated carbocycles. The molecule has 0 N–H and O–H groups in total. The number of hydrogen-bond donors (Lipinski definition) is 0.